The second kappa shape index (κ2) is 3.73. The van der Waals surface area contributed by atoms with Gasteiger partial charge in [0.05, 0.1) is 0 Å². The van der Waals surface area contributed by atoms with Gasteiger partial charge < -0.3 is 0 Å². The molecule has 0 aliphatic heterocycles. The van der Waals surface area contributed by atoms with Gasteiger partial charge in [0.15, 0.2) is 0 Å². The standard InChI is InChI=1S/C9H12S/c1-3-10-9-7-5-4-6-8(9)2/h1H,4-7H2,2H3. The van der Waals surface area contributed by atoms with Gasteiger partial charge in [0, 0.05) is 0 Å². The summed E-state index contributed by atoms with van der Waals surface area (Å²) >= 11 is 1.57. The lowest BCUT2D eigenvalue weighted by Crippen LogP contribution is -1.92. The van der Waals surface area contributed by atoms with Gasteiger partial charge >= 0.3 is 0 Å². The monoisotopic (exact) mass is 152 g/mol. The number of rotatable bonds is 1. The molecule has 0 amide bonds. The van der Waals surface area contributed by atoms with Gasteiger partial charge in [0.1, 0.15) is 0 Å². The van der Waals surface area contributed by atoms with Crippen LogP contribution >= 0.6 is 11.8 Å². The third-order valence-corrected chi connectivity index (χ3v) is 2.78. The highest BCUT2D eigenvalue weighted by molar-refractivity contribution is 8.07. The predicted octanol–water partition coefficient (Wildman–Crippen LogP) is 3.16. The van der Waals surface area contributed by atoms with E-state index in [4.69, 9.17) is 6.42 Å². The van der Waals surface area contributed by atoms with Crippen molar-refractivity contribution in [2.45, 2.75) is 32.6 Å². The summed E-state index contributed by atoms with van der Waals surface area (Å²) in [7, 11) is 0. The van der Waals surface area contributed by atoms with E-state index in [1.807, 2.05) is 0 Å². The van der Waals surface area contributed by atoms with Crippen LogP contribution in [0, 0.1) is 11.7 Å². The van der Waals surface area contributed by atoms with Gasteiger partial charge in [-0.3, -0.25) is 0 Å². The fourth-order valence-corrected chi connectivity index (χ4v) is 1.90. The molecule has 0 fully saturated rings. The van der Waals surface area contributed by atoms with Crippen LogP contribution < -0.4 is 0 Å². The van der Waals surface area contributed by atoms with E-state index in [1.165, 1.54) is 36.2 Å². The smallest absolute Gasteiger partial charge is 0.00323 e. The number of hydrogen-bond acceptors (Lipinski definition) is 1. The van der Waals surface area contributed by atoms with Gasteiger partial charge in [-0.1, -0.05) is 5.57 Å². The summed E-state index contributed by atoms with van der Waals surface area (Å²) in [5.74, 6) is 0. The van der Waals surface area contributed by atoms with Crippen molar-refractivity contribution in [2.24, 2.45) is 0 Å². The van der Waals surface area contributed by atoms with Crippen molar-refractivity contribution in [1.29, 1.82) is 0 Å². The fourth-order valence-electron chi connectivity index (χ4n) is 1.24. The molecule has 54 valence electrons. The molecule has 1 heteroatoms. The van der Waals surface area contributed by atoms with E-state index in [-0.39, 0.29) is 0 Å². The van der Waals surface area contributed by atoms with E-state index in [9.17, 15) is 0 Å². The van der Waals surface area contributed by atoms with Gasteiger partial charge in [-0.2, -0.15) is 0 Å². The molecule has 0 nitrogen and oxygen atoms in total. The molecule has 0 saturated carbocycles. The Hall–Kier alpha value is -0.350. The summed E-state index contributed by atoms with van der Waals surface area (Å²) in [5.41, 5.74) is 1.51. The predicted molar refractivity (Wildman–Crippen MR) is 47.6 cm³/mol. The Morgan fingerprint density at radius 1 is 1.40 bits per heavy atom. The zero-order chi connectivity index (χ0) is 7.40. The molecule has 0 spiro atoms. The van der Waals surface area contributed by atoms with Crippen molar-refractivity contribution in [3.8, 4) is 11.7 Å². The van der Waals surface area contributed by atoms with E-state index in [2.05, 4.69) is 12.2 Å². The van der Waals surface area contributed by atoms with Crippen LogP contribution in [0.2, 0.25) is 0 Å². The van der Waals surface area contributed by atoms with Gasteiger partial charge in [0.2, 0.25) is 0 Å². The molecule has 0 radical (unpaired) electrons. The molecular weight excluding hydrogens is 140 g/mol. The third-order valence-electron chi connectivity index (χ3n) is 1.86. The lowest BCUT2D eigenvalue weighted by molar-refractivity contribution is 0.695. The van der Waals surface area contributed by atoms with Crippen molar-refractivity contribution < 1.29 is 0 Å². The molecular formula is C9H12S. The second-order valence-electron chi connectivity index (χ2n) is 2.63. The van der Waals surface area contributed by atoms with Gasteiger partial charge in [-0.15, -0.1) is 6.42 Å². The molecule has 0 aromatic rings. The summed E-state index contributed by atoms with van der Waals surface area (Å²) in [6.07, 6.45) is 10.3. The summed E-state index contributed by atoms with van der Waals surface area (Å²) < 4.78 is 0. The van der Waals surface area contributed by atoms with Crippen LogP contribution in [0.5, 0.6) is 0 Å². The SMILES string of the molecule is C#CSC1=C(C)CCCC1. The van der Waals surface area contributed by atoms with E-state index < -0.39 is 0 Å². The van der Waals surface area contributed by atoms with Gasteiger partial charge in [-0.25, -0.2) is 0 Å². The Balaban J connectivity index is 2.61. The highest BCUT2D eigenvalue weighted by Crippen LogP contribution is 2.31. The molecule has 0 unspecified atom stereocenters. The fraction of sp³-hybridized carbons (Fsp3) is 0.556. The molecule has 0 aromatic heterocycles. The van der Waals surface area contributed by atoms with E-state index >= 15 is 0 Å². The molecule has 0 heterocycles. The Morgan fingerprint density at radius 2 is 2.10 bits per heavy atom. The Morgan fingerprint density at radius 3 is 2.70 bits per heavy atom. The molecule has 1 rings (SSSR count). The van der Waals surface area contributed by atoms with E-state index in [0.717, 1.165) is 0 Å². The van der Waals surface area contributed by atoms with Crippen LogP contribution in [0.1, 0.15) is 32.6 Å². The highest BCUT2D eigenvalue weighted by atomic mass is 32.2. The molecule has 0 saturated heterocycles. The first-order chi connectivity index (χ1) is 4.84. The van der Waals surface area contributed by atoms with Crippen LogP contribution in [-0.4, -0.2) is 0 Å². The average molecular weight is 152 g/mol. The van der Waals surface area contributed by atoms with Crippen LogP contribution in [-0.2, 0) is 0 Å². The molecule has 0 bridgehead atoms. The van der Waals surface area contributed by atoms with Crippen LogP contribution in [0.4, 0.5) is 0 Å². The highest BCUT2D eigenvalue weighted by Gasteiger charge is 2.07. The summed E-state index contributed by atoms with van der Waals surface area (Å²) in [6, 6.07) is 0. The van der Waals surface area contributed by atoms with Crippen LogP contribution in [0.25, 0.3) is 0 Å². The maximum absolute atomic E-state index is 5.20. The average Bonchev–Trinajstić information content (AvgIpc) is 1.94. The first-order valence-corrected chi connectivity index (χ1v) is 4.47. The first kappa shape index (κ1) is 7.75. The number of allylic oxidation sites excluding steroid dienone is 2. The van der Waals surface area contributed by atoms with Gasteiger partial charge in [0.25, 0.3) is 0 Å². The molecule has 1 aliphatic carbocycles. The molecule has 0 atom stereocenters. The Bertz CT molecular complexity index is 183. The van der Waals surface area contributed by atoms with Crippen molar-refractivity contribution >= 4 is 11.8 Å². The van der Waals surface area contributed by atoms with E-state index in [1.54, 1.807) is 11.8 Å². The second-order valence-corrected chi connectivity index (χ2v) is 3.56. The van der Waals surface area contributed by atoms with Crippen molar-refractivity contribution in [3.63, 3.8) is 0 Å². The number of hydrogen-bond donors (Lipinski definition) is 0. The third kappa shape index (κ3) is 1.82. The van der Waals surface area contributed by atoms with E-state index in [0.29, 0.717) is 0 Å². The summed E-state index contributed by atoms with van der Waals surface area (Å²) in [6.45, 7) is 2.19. The van der Waals surface area contributed by atoms with Crippen LogP contribution in [0.15, 0.2) is 10.5 Å². The lowest BCUT2D eigenvalue weighted by Gasteiger charge is -2.14. The molecule has 0 N–H and O–H groups in total. The number of thioether (sulfide) groups is 1. The quantitative estimate of drug-likeness (QED) is 0.520. The van der Waals surface area contributed by atoms with Gasteiger partial charge in [-0.05, 0) is 54.5 Å². The normalized spacial score (nSPS) is 18.8. The van der Waals surface area contributed by atoms with Crippen LogP contribution in [0.3, 0.4) is 0 Å². The largest absolute Gasteiger partial charge is 0.108 e. The Kier molecular flexibility index (Phi) is 2.89. The Labute approximate surface area is 67.1 Å². The molecule has 10 heavy (non-hydrogen) atoms. The van der Waals surface area contributed by atoms with Crippen molar-refractivity contribution in [1.82, 2.24) is 0 Å². The number of terminal acetylenes is 1. The summed E-state index contributed by atoms with van der Waals surface area (Å²) in [5, 5.41) is 2.63. The minimum Gasteiger partial charge on any atom is -0.108 e. The van der Waals surface area contributed by atoms with Crippen molar-refractivity contribution in [2.75, 3.05) is 0 Å². The molecule has 0 aromatic carbocycles. The maximum Gasteiger partial charge on any atom is -0.00323 e. The first-order valence-electron chi connectivity index (χ1n) is 3.65. The molecule has 1 aliphatic rings. The van der Waals surface area contributed by atoms with Crippen molar-refractivity contribution in [3.05, 3.63) is 10.5 Å². The zero-order valence-electron chi connectivity index (χ0n) is 6.31. The maximum atomic E-state index is 5.20. The zero-order valence-corrected chi connectivity index (χ0v) is 7.13. The minimum absolute atomic E-state index is 1.21. The topological polar surface area (TPSA) is 0 Å². The summed E-state index contributed by atoms with van der Waals surface area (Å²) in [4.78, 5) is 1.44. The minimum atomic E-state index is 1.21. The lowest BCUT2D eigenvalue weighted by atomic mass is 10.0.